The van der Waals surface area contributed by atoms with Crippen molar-refractivity contribution < 1.29 is 9.53 Å². The quantitative estimate of drug-likeness (QED) is 0.547. The molecule has 158 valence electrons. The Morgan fingerprint density at radius 2 is 2.06 bits per heavy atom. The number of thioether (sulfide) groups is 1. The first-order valence-electron chi connectivity index (χ1n) is 10.3. The van der Waals surface area contributed by atoms with Gasteiger partial charge in [0.15, 0.2) is 5.16 Å². The molecule has 0 aliphatic carbocycles. The van der Waals surface area contributed by atoms with Crippen LogP contribution >= 0.6 is 11.8 Å². The predicted octanol–water partition coefficient (Wildman–Crippen LogP) is 4.72. The van der Waals surface area contributed by atoms with E-state index in [1.807, 2.05) is 31.3 Å². The number of hydrogen-bond donors (Lipinski definition) is 1. The number of carbonyl (C=O) groups excluding carboxylic acids is 1. The fraction of sp³-hybridized carbons (Fsp3) is 0.292. The Bertz CT molecular complexity index is 1080. The summed E-state index contributed by atoms with van der Waals surface area (Å²) in [7, 11) is 0. The van der Waals surface area contributed by atoms with Gasteiger partial charge in [-0.05, 0) is 37.5 Å². The van der Waals surface area contributed by atoms with Crippen LogP contribution in [0.3, 0.4) is 0 Å². The Morgan fingerprint density at radius 1 is 1.29 bits per heavy atom. The van der Waals surface area contributed by atoms with Gasteiger partial charge in [-0.1, -0.05) is 54.2 Å². The van der Waals surface area contributed by atoms with Gasteiger partial charge < -0.3 is 14.6 Å². The monoisotopic (exact) mass is 432 g/mol. The molecule has 1 aliphatic heterocycles. The van der Waals surface area contributed by atoms with Gasteiger partial charge in [0, 0.05) is 6.61 Å². The second-order valence-electron chi connectivity index (χ2n) is 7.44. The molecular weight excluding hydrogens is 408 g/mol. The van der Waals surface area contributed by atoms with Gasteiger partial charge in [0.05, 0.1) is 41.0 Å². The maximum atomic E-state index is 12.8. The van der Waals surface area contributed by atoms with E-state index < -0.39 is 0 Å². The van der Waals surface area contributed by atoms with Gasteiger partial charge in [0.2, 0.25) is 5.91 Å². The lowest BCUT2D eigenvalue weighted by atomic mass is 10.1. The molecule has 1 fully saturated rings. The third-order valence-electron chi connectivity index (χ3n) is 5.26. The summed E-state index contributed by atoms with van der Waals surface area (Å²) in [6, 6.07) is 19.2. The minimum atomic E-state index is -0.388. The molecule has 3 aromatic rings. The van der Waals surface area contributed by atoms with Crippen LogP contribution in [0.1, 0.15) is 25.3 Å². The number of hydrogen-bond acceptors (Lipinski definition) is 5. The van der Waals surface area contributed by atoms with E-state index in [0.29, 0.717) is 17.8 Å². The Balaban J connectivity index is 1.55. The SMILES string of the molecule is CC(Sc1ncc(-c2ccccc2)n1CC1CCCO1)C(=O)Nc1ccccc1C#N. The molecular formula is C24H24N4O2S. The lowest BCUT2D eigenvalue weighted by Gasteiger charge is -2.18. The molecule has 0 bridgehead atoms. The standard InChI is InChI=1S/C24H24N4O2S/c1-17(23(29)27-21-12-6-5-10-19(21)14-25)31-24-26-15-22(18-8-3-2-4-9-18)28(24)16-20-11-7-13-30-20/h2-6,8-10,12,15,17,20H,7,11,13,16H2,1H3,(H,27,29). The molecule has 2 aromatic carbocycles. The first-order chi connectivity index (χ1) is 15.2. The van der Waals surface area contributed by atoms with Gasteiger partial charge in [-0.3, -0.25) is 4.79 Å². The summed E-state index contributed by atoms with van der Waals surface area (Å²) in [4.78, 5) is 17.5. The molecule has 1 aliphatic rings. The van der Waals surface area contributed by atoms with E-state index in [1.165, 1.54) is 11.8 Å². The Kier molecular flexibility index (Phi) is 6.70. The summed E-state index contributed by atoms with van der Waals surface area (Å²) in [6.45, 7) is 3.35. The van der Waals surface area contributed by atoms with Crippen LogP contribution in [0, 0.1) is 11.3 Å². The van der Waals surface area contributed by atoms with E-state index in [2.05, 4.69) is 33.1 Å². The summed E-state index contributed by atoms with van der Waals surface area (Å²) < 4.78 is 8.02. The molecule has 7 heteroatoms. The number of rotatable bonds is 7. The van der Waals surface area contributed by atoms with Crippen molar-refractivity contribution in [3.8, 4) is 17.3 Å². The fourth-order valence-corrected chi connectivity index (χ4v) is 4.49. The van der Waals surface area contributed by atoms with Crippen molar-refractivity contribution in [3.05, 3.63) is 66.4 Å². The number of anilines is 1. The maximum absolute atomic E-state index is 12.8. The van der Waals surface area contributed by atoms with Crippen LogP contribution in [0.15, 0.2) is 66.0 Å². The average molecular weight is 433 g/mol. The number of carbonyl (C=O) groups is 1. The number of nitriles is 1. The topological polar surface area (TPSA) is 79.9 Å². The number of nitrogens with one attached hydrogen (secondary N) is 1. The third-order valence-corrected chi connectivity index (χ3v) is 6.36. The van der Waals surface area contributed by atoms with Crippen LogP contribution in [0.25, 0.3) is 11.3 Å². The molecule has 0 spiro atoms. The molecule has 1 aromatic heterocycles. The van der Waals surface area contributed by atoms with Gasteiger partial charge >= 0.3 is 0 Å². The van der Waals surface area contributed by atoms with Crippen molar-refractivity contribution in [3.63, 3.8) is 0 Å². The first-order valence-corrected chi connectivity index (χ1v) is 11.2. The smallest absolute Gasteiger partial charge is 0.237 e. The van der Waals surface area contributed by atoms with Crippen molar-refractivity contribution in [2.45, 2.75) is 42.8 Å². The minimum Gasteiger partial charge on any atom is -0.376 e. The molecule has 31 heavy (non-hydrogen) atoms. The molecule has 4 rings (SSSR count). The number of amides is 1. The molecule has 1 N–H and O–H groups in total. The summed E-state index contributed by atoms with van der Waals surface area (Å²) in [5, 5.41) is 12.5. The van der Waals surface area contributed by atoms with Crippen LogP contribution < -0.4 is 5.32 Å². The van der Waals surface area contributed by atoms with Gasteiger partial charge in [0.25, 0.3) is 0 Å². The van der Waals surface area contributed by atoms with Crippen LogP contribution in [-0.2, 0) is 16.1 Å². The van der Waals surface area contributed by atoms with E-state index in [4.69, 9.17) is 4.74 Å². The lowest BCUT2D eigenvalue weighted by molar-refractivity contribution is -0.115. The molecule has 0 radical (unpaired) electrons. The van der Waals surface area contributed by atoms with E-state index in [-0.39, 0.29) is 17.3 Å². The molecule has 2 atom stereocenters. The highest BCUT2D eigenvalue weighted by atomic mass is 32.2. The Morgan fingerprint density at radius 3 is 2.81 bits per heavy atom. The van der Waals surface area contributed by atoms with Crippen molar-refractivity contribution in [2.24, 2.45) is 0 Å². The fourth-order valence-electron chi connectivity index (χ4n) is 3.60. The number of nitrogens with zero attached hydrogens (tertiary/aromatic N) is 3. The maximum Gasteiger partial charge on any atom is 0.237 e. The van der Waals surface area contributed by atoms with Gasteiger partial charge in [-0.25, -0.2) is 4.98 Å². The average Bonchev–Trinajstić information content (AvgIpc) is 3.45. The molecule has 2 unspecified atom stereocenters. The third kappa shape index (κ3) is 4.98. The summed E-state index contributed by atoms with van der Waals surface area (Å²) in [6.07, 6.45) is 4.11. The number of aromatic nitrogens is 2. The van der Waals surface area contributed by atoms with Crippen LogP contribution in [-0.4, -0.2) is 33.4 Å². The highest BCUT2D eigenvalue weighted by Crippen LogP contribution is 2.31. The molecule has 1 amide bonds. The predicted molar refractivity (Wildman–Crippen MR) is 122 cm³/mol. The highest BCUT2D eigenvalue weighted by molar-refractivity contribution is 8.00. The Hall–Kier alpha value is -3.08. The summed E-state index contributed by atoms with van der Waals surface area (Å²) in [5.74, 6) is -0.166. The first kappa shape index (κ1) is 21.2. The van der Waals surface area contributed by atoms with Crippen molar-refractivity contribution in [2.75, 3.05) is 11.9 Å². The zero-order chi connectivity index (χ0) is 21.6. The number of para-hydroxylation sites is 1. The number of imidazole rings is 1. The van der Waals surface area contributed by atoms with Gasteiger partial charge in [0.1, 0.15) is 6.07 Å². The number of ether oxygens (including phenoxy) is 1. The molecule has 1 saturated heterocycles. The molecule has 6 nitrogen and oxygen atoms in total. The van der Waals surface area contributed by atoms with Crippen LogP contribution in [0.4, 0.5) is 5.69 Å². The van der Waals surface area contributed by atoms with Crippen molar-refractivity contribution in [1.82, 2.24) is 9.55 Å². The lowest BCUT2D eigenvalue weighted by Crippen LogP contribution is -2.24. The van der Waals surface area contributed by atoms with E-state index in [1.54, 1.807) is 24.3 Å². The van der Waals surface area contributed by atoms with Crippen molar-refractivity contribution >= 4 is 23.4 Å². The minimum absolute atomic E-state index is 0.155. The summed E-state index contributed by atoms with van der Waals surface area (Å²) in [5.41, 5.74) is 3.07. The van der Waals surface area contributed by atoms with Crippen molar-refractivity contribution in [1.29, 1.82) is 5.26 Å². The van der Waals surface area contributed by atoms with E-state index in [9.17, 15) is 10.1 Å². The second kappa shape index (κ2) is 9.82. The number of benzene rings is 2. The highest BCUT2D eigenvalue weighted by Gasteiger charge is 2.24. The van der Waals surface area contributed by atoms with Crippen LogP contribution in [0.2, 0.25) is 0 Å². The normalized spacial score (nSPS) is 16.6. The van der Waals surface area contributed by atoms with Crippen LogP contribution in [0.5, 0.6) is 0 Å². The zero-order valence-corrected chi connectivity index (χ0v) is 18.1. The van der Waals surface area contributed by atoms with E-state index in [0.717, 1.165) is 35.9 Å². The second-order valence-corrected chi connectivity index (χ2v) is 8.75. The van der Waals surface area contributed by atoms with E-state index >= 15 is 0 Å². The molecule has 2 heterocycles. The summed E-state index contributed by atoms with van der Waals surface area (Å²) >= 11 is 1.41. The molecule has 0 saturated carbocycles. The van der Waals surface area contributed by atoms with Gasteiger partial charge in [-0.15, -0.1) is 0 Å². The largest absolute Gasteiger partial charge is 0.376 e. The Labute approximate surface area is 186 Å². The van der Waals surface area contributed by atoms with Gasteiger partial charge in [-0.2, -0.15) is 5.26 Å². The zero-order valence-electron chi connectivity index (χ0n) is 17.3.